The normalized spacial score (nSPS) is 30.8. The van der Waals surface area contributed by atoms with Crippen LogP contribution in [-0.2, 0) is 16.6 Å². The summed E-state index contributed by atoms with van der Waals surface area (Å²) in [6.45, 7) is 4.99. The average Bonchev–Trinajstić information content (AvgIpc) is 3.59. The number of halogens is 2. The number of aliphatic hydroxyl groups is 2. The summed E-state index contributed by atoms with van der Waals surface area (Å²) in [6, 6.07) is 8.03. The van der Waals surface area contributed by atoms with Crippen molar-refractivity contribution in [1.82, 2.24) is 4.90 Å². The third-order valence-corrected chi connectivity index (χ3v) is 9.44. The second kappa shape index (κ2) is 8.53. The molecule has 196 valence electrons. The third-order valence-electron chi connectivity index (χ3n) is 8.89. The lowest BCUT2D eigenvalue weighted by atomic mass is 9.53. The number of nitrogens with one attached hydrogen (secondary N) is 1. The molecule has 1 saturated carbocycles. The Kier molecular flexibility index (Phi) is 5.73. The van der Waals surface area contributed by atoms with E-state index in [-0.39, 0.29) is 33.9 Å². The van der Waals surface area contributed by atoms with Crippen LogP contribution in [0.1, 0.15) is 44.2 Å². The molecule has 0 aromatic heterocycles. The van der Waals surface area contributed by atoms with E-state index in [0.717, 1.165) is 24.2 Å². The molecule has 2 bridgehead atoms. The molecule has 4 atom stereocenters. The number of benzene rings is 2. The number of phenols is 1. The number of aliphatic hydroxyl groups excluding tert-OH is 1. The summed E-state index contributed by atoms with van der Waals surface area (Å²) in [5.74, 6) is 0.0627. The molecule has 7 nitrogen and oxygen atoms in total. The predicted octanol–water partition coefficient (Wildman–Crippen LogP) is 4.96. The Bertz CT molecular complexity index is 1340. The Morgan fingerprint density at radius 3 is 2.70 bits per heavy atom. The van der Waals surface area contributed by atoms with Crippen molar-refractivity contribution in [2.75, 3.05) is 18.4 Å². The minimum atomic E-state index is -1.28. The van der Waals surface area contributed by atoms with Gasteiger partial charge in [-0.25, -0.2) is 0 Å². The van der Waals surface area contributed by atoms with Crippen molar-refractivity contribution in [3.8, 4) is 11.5 Å². The van der Waals surface area contributed by atoms with E-state index in [1.54, 1.807) is 18.2 Å². The number of likely N-dealkylation sites (tertiary alicyclic amines) is 1. The van der Waals surface area contributed by atoms with Gasteiger partial charge in [0.1, 0.15) is 5.76 Å². The van der Waals surface area contributed by atoms with Gasteiger partial charge in [-0.05, 0) is 81.8 Å². The topological polar surface area (TPSA) is 102 Å². The summed E-state index contributed by atoms with van der Waals surface area (Å²) < 4.78 is 6.27. The number of rotatable bonds is 5. The summed E-state index contributed by atoms with van der Waals surface area (Å²) in [4.78, 5) is 15.6. The quantitative estimate of drug-likeness (QED) is 0.313. The van der Waals surface area contributed by atoms with Crippen LogP contribution in [0.15, 0.2) is 41.7 Å². The molecule has 6 rings (SSSR count). The first-order valence-electron chi connectivity index (χ1n) is 12.7. The number of phenolic OH excluding ortho intramolecular Hbond substituents is 1. The molecule has 1 amide bonds. The van der Waals surface area contributed by atoms with Crippen molar-refractivity contribution in [2.24, 2.45) is 5.92 Å². The fourth-order valence-electron chi connectivity index (χ4n) is 6.69. The lowest BCUT2D eigenvalue weighted by Crippen LogP contribution is -2.73. The SMILES string of the molecule is C/C(C(=O)Nc1ccc(Cl)cc1Cl)=C(/O)[C@@H]1Oc2c(O)ccc3c2[C@@]12CCN(CC1CC1)[C@H](C3)[C@@]2(C)O. The van der Waals surface area contributed by atoms with E-state index in [9.17, 15) is 20.1 Å². The van der Waals surface area contributed by atoms with Crippen molar-refractivity contribution in [2.45, 2.75) is 62.7 Å². The van der Waals surface area contributed by atoms with Gasteiger partial charge in [0, 0.05) is 23.2 Å². The number of carbonyl (C=O) groups excluding carboxylic acids is 1. The van der Waals surface area contributed by atoms with Gasteiger partial charge in [0.15, 0.2) is 17.6 Å². The number of carbonyl (C=O) groups is 1. The van der Waals surface area contributed by atoms with Crippen LogP contribution in [0.2, 0.25) is 10.0 Å². The monoisotopic (exact) mass is 544 g/mol. The second-order valence-electron chi connectivity index (χ2n) is 11.1. The van der Waals surface area contributed by atoms with Crippen molar-refractivity contribution in [3.63, 3.8) is 0 Å². The van der Waals surface area contributed by atoms with Crippen molar-refractivity contribution in [3.05, 3.63) is 62.8 Å². The van der Waals surface area contributed by atoms with E-state index in [2.05, 4.69) is 10.2 Å². The minimum absolute atomic E-state index is 0.0394. The van der Waals surface area contributed by atoms with E-state index in [1.165, 1.54) is 25.8 Å². The van der Waals surface area contributed by atoms with Crippen LogP contribution >= 0.6 is 23.2 Å². The lowest BCUT2D eigenvalue weighted by molar-refractivity contribution is -0.153. The summed E-state index contributed by atoms with van der Waals surface area (Å²) in [7, 11) is 0. The van der Waals surface area contributed by atoms with E-state index >= 15 is 0 Å². The first kappa shape index (κ1) is 24.9. The molecular formula is C28H30Cl2N2O5. The number of amides is 1. The maximum absolute atomic E-state index is 13.2. The highest BCUT2D eigenvalue weighted by Gasteiger charge is 2.69. The van der Waals surface area contributed by atoms with E-state index in [1.807, 2.05) is 13.0 Å². The number of piperidine rings is 1. The van der Waals surface area contributed by atoms with Gasteiger partial charge in [-0.15, -0.1) is 0 Å². The maximum atomic E-state index is 13.2. The highest BCUT2D eigenvalue weighted by atomic mass is 35.5. The van der Waals surface area contributed by atoms with Crippen LogP contribution in [0.25, 0.3) is 0 Å². The van der Waals surface area contributed by atoms with Crippen LogP contribution in [-0.4, -0.2) is 57.0 Å². The van der Waals surface area contributed by atoms with E-state index in [0.29, 0.717) is 29.5 Å². The minimum Gasteiger partial charge on any atom is -0.508 e. The molecule has 4 aliphatic rings. The molecule has 1 spiro atoms. The fraction of sp³-hybridized carbons (Fsp3) is 0.464. The van der Waals surface area contributed by atoms with Crippen LogP contribution < -0.4 is 10.1 Å². The number of hydrogen-bond acceptors (Lipinski definition) is 6. The largest absolute Gasteiger partial charge is 0.508 e. The fourth-order valence-corrected chi connectivity index (χ4v) is 7.15. The van der Waals surface area contributed by atoms with Crippen LogP contribution in [0.5, 0.6) is 11.5 Å². The number of aromatic hydroxyl groups is 1. The highest BCUT2D eigenvalue weighted by Crippen LogP contribution is 2.63. The molecule has 0 radical (unpaired) electrons. The van der Waals surface area contributed by atoms with Gasteiger partial charge in [-0.1, -0.05) is 29.3 Å². The van der Waals surface area contributed by atoms with Gasteiger partial charge in [-0.3, -0.25) is 9.69 Å². The molecule has 2 aromatic carbocycles. The van der Waals surface area contributed by atoms with Gasteiger partial charge in [0.05, 0.1) is 27.3 Å². The Balaban J connectivity index is 1.41. The molecule has 9 heteroatoms. The first-order chi connectivity index (χ1) is 17.5. The molecule has 0 unspecified atom stereocenters. The van der Waals surface area contributed by atoms with Crippen molar-refractivity contribution >= 4 is 34.8 Å². The third kappa shape index (κ3) is 3.66. The summed E-state index contributed by atoms with van der Waals surface area (Å²) in [5.41, 5.74) is -0.169. The van der Waals surface area contributed by atoms with Gasteiger partial charge >= 0.3 is 0 Å². The first-order valence-corrected chi connectivity index (χ1v) is 13.4. The van der Waals surface area contributed by atoms with Crippen molar-refractivity contribution in [1.29, 1.82) is 0 Å². The number of anilines is 1. The molecule has 2 aliphatic heterocycles. The second-order valence-corrected chi connectivity index (χ2v) is 11.9. The van der Waals surface area contributed by atoms with E-state index < -0.39 is 23.0 Å². The molecule has 2 heterocycles. The molecule has 37 heavy (non-hydrogen) atoms. The molecule has 2 aliphatic carbocycles. The highest BCUT2D eigenvalue weighted by molar-refractivity contribution is 6.36. The molecule has 4 N–H and O–H groups in total. The maximum Gasteiger partial charge on any atom is 0.254 e. The number of hydrogen-bond donors (Lipinski definition) is 4. The molecule has 2 fully saturated rings. The Labute approximate surface area is 225 Å². The summed E-state index contributed by atoms with van der Waals surface area (Å²) in [6.07, 6.45) is 2.53. The lowest BCUT2D eigenvalue weighted by Gasteiger charge is -2.59. The van der Waals surface area contributed by atoms with Crippen LogP contribution in [0, 0.1) is 5.92 Å². The van der Waals surface area contributed by atoms with Crippen molar-refractivity contribution < 1.29 is 24.9 Å². The number of nitrogens with zero attached hydrogens (tertiary/aromatic N) is 1. The Morgan fingerprint density at radius 2 is 2.00 bits per heavy atom. The van der Waals surface area contributed by atoms with Crippen LogP contribution in [0.3, 0.4) is 0 Å². The summed E-state index contributed by atoms with van der Waals surface area (Å²) >= 11 is 12.2. The smallest absolute Gasteiger partial charge is 0.254 e. The number of ether oxygens (including phenoxy) is 1. The molecular weight excluding hydrogens is 515 g/mol. The Hall–Kier alpha value is -2.45. The van der Waals surface area contributed by atoms with Gasteiger partial charge in [-0.2, -0.15) is 0 Å². The number of fused-ring (bicyclic) bond motifs is 1. The molecule has 1 saturated heterocycles. The van der Waals surface area contributed by atoms with Gasteiger partial charge < -0.3 is 25.4 Å². The molecule has 2 aromatic rings. The standard InChI is InChI=1S/C28H30Cl2N2O5/c1-14(26(35)31-19-7-6-17(29)12-18(19)30)23(34)25-28-9-10-32(13-15-3-4-15)21(27(28,2)36)11-16-5-8-20(33)24(37-25)22(16)28/h5-8,12,15,21,25,33-34,36H,3-4,9-11,13H2,1-2H3,(H,31,35)/b23-14-/t21-,25+,27-,28+/m1/s1. The van der Waals surface area contributed by atoms with Crippen LogP contribution in [0.4, 0.5) is 5.69 Å². The zero-order chi connectivity index (χ0) is 26.3. The predicted molar refractivity (Wildman–Crippen MR) is 142 cm³/mol. The van der Waals surface area contributed by atoms with E-state index in [4.69, 9.17) is 27.9 Å². The van der Waals surface area contributed by atoms with Gasteiger partial charge in [0.25, 0.3) is 5.91 Å². The Morgan fingerprint density at radius 1 is 1.24 bits per heavy atom. The zero-order valence-corrected chi connectivity index (χ0v) is 22.2. The zero-order valence-electron chi connectivity index (χ0n) is 20.7. The summed E-state index contributed by atoms with van der Waals surface area (Å²) in [5, 5.41) is 37.9. The van der Waals surface area contributed by atoms with Gasteiger partial charge in [0.2, 0.25) is 0 Å². The average molecular weight is 545 g/mol.